The molecule has 2 atom stereocenters. The van der Waals surface area contributed by atoms with Crippen molar-refractivity contribution in [2.24, 2.45) is 0 Å². The average Bonchev–Trinajstić information content (AvgIpc) is 2.28. The zero-order chi connectivity index (χ0) is 8.72. The SMILES string of the molecule is Fc1ccc2c(c1)OC(Br)C2Br. The minimum absolute atomic E-state index is 0.103. The quantitative estimate of drug-likeness (QED) is 0.667. The Kier molecular flexibility index (Phi) is 2.12. The van der Waals surface area contributed by atoms with Gasteiger partial charge in [-0.1, -0.05) is 22.0 Å². The fraction of sp³-hybridized carbons (Fsp3) is 0.250. The summed E-state index contributed by atoms with van der Waals surface area (Å²) in [5.74, 6) is 0.341. The molecule has 2 unspecified atom stereocenters. The van der Waals surface area contributed by atoms with Crippen LogP contribution in [-0.2, 0) is 0 Å². The van der Waals surface area contributed by atoms with E-state index in [0.29, 0.717) is 5.75 Å². The topological polar surface area (TPSA) is 9.23 Å². The Balaban J connectivity index is 2.47. The third kappa shape index (κ3) is 1.27. The van der Waals surface area contributed by atoms with E-state index in [1.807, 2.05) is 0 Å². The maximum atomic E-state index is 12.7. The smallest absolute Gasteiger partial charge is 0.169 e. The zero-order valence-corrected chi connectivity index (χ0v) is 9.10. The lowest BCUT2D eigenvalue weighted by molar-refractivity contribution is 0.327. The zero-order valence-electron chi connectivity index (χ0n) is 5.93. The van der Waals surface area contributed by atoms with Gasteiger partial charge in [0.15, 0.2) is 5.01 Å². The van der Waals surface area contributed by atoms with E-state index in [-0.39, 0.29) is 15.7 Å². The third-order valence-corrected chi connectivity index (χ3v) is 4.14. The molecule has 0 aliphatic carbocycles. The standard InChI is InChI=1S/C8H5Br2FO/c9-7-5-2-1-4(11)3-6(5)12-8(7)10/h1-3,7-8H. The highest BCUT2D eigenvalue weighted by Gasteiger charge is 2.30. The maximum absolute atomic E-state index is 12.7. The number of fused-ring (bicyclic) bond motifs is 1. The van der Waals surface area contributed by atoms with Crippen molar-refractivity contribution in [1.82, 2.24) is 0 Å². The molecule has 0 N–H and O–H groups in total. The molecule has 12 heavy (non-hydrogen) atoms. The maximum Gasteiger partial charge on any atom is 0.169 e. The second-order valence-electron chi connectivity index (χ2n) is 2.55. The summed E-state index contributed by atoms with van der Waals surface area (Å²) in [6.07, 6.45) is 0. The van der Waals surface area contributed by atoms with Gasteiger partial charge in [-0.3, -0.25) is 0 Å². The summed E-state index contributed by atoms with van der Waals surface area (Å²) in [4.78, 5) is 0.105. The van der Waals surface area contributed by atoms with Gasteiger partial charge in [0.25, 0.3) is 0 Å². The number of benzene rings is 1. The minimum atomic E-state index is -0.268. The Morgan fingerprint density at radius 1 is 1.33 bits per heavy atom. The molecule has 4 heteroatoms. The van der Waals surface area contributed by atoms with Crippen LogP contribution in [0.3, 0.4) is 0 Å². The van der Waals surface area contributed by atoms with Crippen LogP contribution in [0.1, 0.15) is 10.4 Å². The first-order chi connectivity index (χ1) is 5.68. The highest BCUT2D eigenvalue weighted by Crippen LogP contribution is 2.44. The van der Waals surface area contributed by atoms with Crippen LogP contribution in [0.15, 0.2) is 18.2 Å². The molecule has 1 aliphatic rings. The molecule has 1 aromatic rings. The van der Waals surface area contributed by atoms with Crippen molar-refractivity contribution in [3.8, 4) is 5.75 Å². The van der Waals surface area contributed by atoms with Crippen LogP contribution in [0.25, 0.3) is 0 Å². The van der Waals surface area contributed by atoms with Crippen LogP contribution in [-0.4, -0.2) is 5.01 Å². The fourth-order valence-corrected chi connectivity index (χ4v) is 2.13. The van der Waals surface area contributed by atoms with E-state index in [1.165, 1.54) is 12.1 Å². The van der Waals surface area contributed by atoms with E-state index >= 15 is 0 Å². The fourth-order valence-electron chi connectivity index (χ4n) is 1.16. The average molecular weight is 296 g/mol. The molecule has 1 heterocycles. The molecule has 1 aliphatic heterocycles. The summed E-state index contributed by atoms with van der Waals surface area (Å²) in [7, 11) is 0. The van der Waals surface area contributed by atoms with Gasteiger partial charge >= 0.3 is 0 Å². The largest absolute Gasteiger partial charge is 0.477 e. The number of alkyl halides is 2. The monoisotopic (exact) mass is 294 g/mol. The van der Waals surface area contributed by atoms with E-state index in [2.05, 4.69) is 31.9 Å². The van der Waals surface area contributed by atoms with Crippen LogP contribution in [0.2, 0.25) is 0 Å². The second kappa shape index (κ2) is 3.00. The van der Waals surface area contributed by atoms with Gasteiger partial charge in [-0.25, -0.2) is 4.39 Å². The van der Waals surface area contributed by atoms with Gasteiger partial charge in [0.05, 0.1) is 4.83 Å². The van der Waals surface area contributed by atoms with Crippen molar-refractivity contribution in [2.45, 2.75) is 9.84 Å². The van der Waals surface area contributed by atoms with Gasteiger partial charge in [0.1, 0.15) is 11.6 Å². The molecule has 64 valence electrons. The molecule has 0 saturated heterocycles. The van der Waals surface area contributed by atoms with Crippen molar-refractivity contribution in [2.75, 3.05) is 0 Å². The molecule has 0 bridgehead atoms. The molecule has 0 fully saturated rings. The predicted molar refractivity (Wildman–Crippen MR) is 51.4 cm³/mol. The lowest BCUT2D eigenvalue weighted by Crippen LogP contribution is -2.03. The van der Waals surface area contributed by atoms with Crippen LogP contribution in [0.4, 0.5) is 4.39 Å². The Hall–Kier alpha value is -0.0900. The summed E-state index contributed by atoms with van der Waals surface area (Å²) >= 11 is 6.75. The van der Waals surface area contributed by atoms with Gasteiger partial charge < -0.3 is 4.74 Å². The second-order valence-corrected chi connectivity index (χ2v) is 4.44. The number of ether oxygens (including phenoxy) is 1. The summed E-state index contributed by atoms with van der Waals surface area (Å²) in [6.45, 7) is 0. The first kappa shape index (κ1) is 8.51. The Labute approximate surface area is 86.2 Å². The lowest BCUT2D eigenvalue weighted by atomic mass is 10.2. The van der Waals surface area contributed by atoms with Gasteiger partial charge in [-0.15, -0.1) is 0 Å². The molecule has 0 aromatic heterocycles. The molecule has 0 amide bonds. The first-order valence-electron chi connectivity index (χ1n) is 3.43. The normalized spacial score (nSPS) is 26.6. The Morgan fingerprint density at radius 2 is 2.08 bits per heavy atom. The van der Waals surface area contributed by atoms with E-state index in [9.17, 15) is 4.39 Å². The molecule has 0 saturated carbocycles. The van der Waals surface area contributed by atoms with Crippen molar-refractivity contribution >= 4 is 31.9 Å². The van der Waals surface area contributed by atoms with Crippen molar-refractivity contribution in [1.29, 1.82) is 0 Å². The number of halogens is 3. The highest BCUT2D eigenvalue weighted by molar-refractivity contribution is 9.12. The van der Waals surface area contributed by atoms with Crippen molar-refractivity contribution < 1.29 is 9.13 Å². The molecular weight excluding hydrogens is 291 g/mol. The summed E-state index contributed by atoms with van der Waals surface area (Å²) in [5, 5.41) is -0.103. The van der Waals surface area contributed by atoms with Gasteiger partial charge in [0.2, 0.25) is 0 Å². The molecule has 1 aromatic carbocycles. The van der Waals surface area contributed by atoms with Gasteiger partial charge in [0, 0.05) is 11.6 Å². The van der Waals surface area contributed by atoms with Gasteiger partial charge in [-0.2, -0.15) is 0 Å². The number of hydrogen-bond donors (Lipinski definition) is 0. The van der Waals surface area contributed by atoms with Crippen LogP contribution in [0, 0.1) is 5.82 Å². The molecule has 1 nitrogen and oxygen atoms in total. The molecule has 0 radical (unpaired) electrons. The van der Waals surface area contributed by atoms with E-state index in [1.54, 1.807) is 6.07 Å². The highest BCUT2D eigenvalue weighted by atomic mass is 79.9. The molecular formula is C8H5Br2FO. The van der Waals surface area contributed by atoms with Crippen molar-refractivity contribution in [3.63, 3.8) is 0 Å². The molecule has 2 rings (SSSR count). The van der Waals surface area contributed by atoms with Crippen molar-refractivity contribution in [3.05, 3.63) is 29.6 Å². The predicted octanol–water partition coefficient (Wildman–Crippen LogP) is 3.38. The minimum Gasteiger partial charge on any atom is -0.477 e. The third-order valence-electron chi connectivity index (χ3n) is 1.74. The first-order valence-corrected chi connectivity index (χ1v) is 5.26. The van der Waals surface area contributed by atoms with E-state index < -0.39 is 0 Å². The van der Waals surface area contributed by atoms with Gasteiger partial charge in [-0.05, 0) is 22.0 Å². The molecule has 0 spiro atoms. The van der Waals surface area contributed by atoms with Crippen LogP contribution in [0.5, 0.6) is 5.75 Å². The number of rotatable bonds is 0. The number of hydrogen-bond acceptors (Lipinski definition) is 1. The Morgan fingerprint density at radius 3 is 2.83 bits per heavy atom. The lowest BCUT2D eigenvalue weighted by Gasteiger charge is -2.03. The summed E-state index contributed by atoms with van der Waals surface area (Å²) in [5.41, 5.74) is 0.985. The van der Waals surface area contributed by atoms with E-state index in [4.69, 9.17) is 4.74 Å². The summed E-state index contributed by atoms with van der Waals surface area (Å²) in [6, 6.07) is 4.55. The summed E-state index contributed by atoms with van der Waals surface area (Å²) < 4.78 is 18.0. The van der Waals surface area contributed by atoms with E-state index in [0.717, 1.165) is 5.56 Å². The van der Waals surface area contributed by atoms with Crippen LogP contribution >= 0.6 is 31.9 Å². The van der Waals surface area contributed by atoms with Crippen LogP contribution < -0.4 is 4.74 Å². The Bertz CT molecular complexity index is 316.